The van der Waals surface area contributed by atoms with Crippen molar-refractivity contribution < 1.29 is 19.0 Å². The molecule has 0 amide bonds. The molecule has 2 rings (SSSR count). The molecule has 0 aromatic heterocycles. The van der Waals surface area contributed by atoms with E-state index in [0.29, 0.717) is 19.8 Å². The zero-order valence-corrected chi connectivity index (χ0v) is 15.5. The van der Waals surface area contributed by atoms with Gasteiger partial charge in [0.25, 0.3) is 0 Å². The van der Waals surface area contributed by atoms with Crippen LogP contribution in [0.25, 0.3) is 0 Å². The summed E-state index contributed by atoms with van der Waals surface area (Å²) in [5, 5.41) is 0. The van der Waals surface area contributed by atoms with Gasteiger partial charge in [-0.15, -0.1) is 0 Å². The number of ether oxygens (including phenoxy) is 3. The van der Waals surface area contributed by atoms with Crippen molar-refractivity contribution in [3.63, 3.8) is 0 Å². The fraction of sp³-hybridized carbons (Fsp3) is 0.650. The van der Waals surface area contributed by atoms with E-state index in [1.54, 1.807) is 0 Å². The summed E-state index contributed by atoms with van der Waals surface area (Å²) in [7, 11) is 0. The highest BCUT2D eigenvalue weighted by Crippen LogP contribution is 2.20. The zero-order chi connectivity index (χ0) is 17.9. The number of unbranched alkanes of at least 4 members (excludes halogenated alkanes) is 1. The first-order chi connectivity index (χ1) is 12.2. The van der Waals surface area contributed by atoms with Gasteiger partial charge < -0.3 is 19.1 Å². The molecule has 1 heterocycles. The van der Waals surface area contributed by atoms with Gasteiger partial charge in [0.15, 0.2) is 0 Å². The molecule has 140 valence electrons. The van der Waals surface area contributed by atoms with Crippen LogP contribution in [0.5, 0.6) is 11.5 Å². The number of benzene rings is 1. The molecule has 0 spiro atoms. The van der Waals surface area contributed by atoms with Gasteiger partial charge in [0.05, 0.1) is 25.7 Å². The molecule has 0 unspecified atom stereocenters. The molecular weight excluding hydrogens is 318 g/mol. The van der Waals surface area contributed by atoms with Crippen LogP contribution in [0.3, 0.4) is 0 Å². The molecule has 1 aliphatic rings. The van der Waals surface area contributed by atoms with Crippen molar-refractivity contribution in [2.75, 3.05) is 39.5 Å². The molecule has 1 saturated heterocycles. The Morgan fingerprint density at radius 2 is 1.96 bits per heavy atom. The fourth-order valence-corrected chi connectivity index (χ4v) is 3.16. The Balaban J connectivity index is 1.62. The smallest absolute Gasteiger partial charge is 0.310 e. The minimum absolute atomic E-state index is 0.0373. The minimum atomic E-state index is -0.0373. The maximum Gasteiger partial charge on any atom is 0.310 e. The van der Waals surface area contributed by atoms with Crippen LogP contribution in [0.4, 0.5) is 0 Å². The highest BCUT2D eigenvalue weighted by Gasteiger charge is 2.26. The minimum Gasteiger partial charge on any atom is -0.494 e. The lowest BCUT2D eigenvalue weighted by Crippen LogP contribution is -2.39. The standard InChI is InChI=1S/C20H31NO4/c1-3-23-18-10-7-11-19(15-18)25-14-6-5-12-21-13-8-9-17(16-21)20(22)24-4-2/h7,10-11,15,17H,3-6,8-9,12-14,16H2,1-2H3/t17-/m0/s1. The third-order valence-electron chi connectivity index (χ3n) is 4.38. The van der Waals surface area contributed by atoms with Crippen LogP contribution in [0.1, 0.15) is 39.5 Å². The van der Waals surface area contributed by atoms with E-state index >= 15 is 0 Å². The van der Waals surface area contributed by atoms with Crippen LogP contribution in [0.2, 0.25) is 0 Å². The SMILES string of the molecule is CCOC(=O)[C@H]1CCCN(CCCCOc2cccc(OCC)c2)C1. The highest BCUT2D eigenvalue weighted by atomic mass is 16.5. The Bertz CT molecular complexity index is 520. The van der Waals surface area contributed by atoms with E-state index in [2.05, 4.69) is 4.90 Å². The van der Waals surface area contributed by atoms with Gasteiger partial charge in [-0.3, -0.25) is 4.79 Å². The van der Waals surface area contributed by atoms with Gasteiger partial charge in [-0.2, -0.15) is 0 Å². The van der Waals surface area contributed by atoms with E-state index in [0.717, 1.165) is 56.8 Å². The largest absolute Gasteiger partial charge is 0.494 e. The maximum atomic E-state index is 11.9. The van der Waals surface area contributed by atoms with E-state index in [9.17, 15) is 4.79 Å². The number of nitrogens with zero attached hydrogens (tertiary/aromatic N) is 1. The first kappa shape index (κ1) is 19.6. The molecule has 1 fully saturated rings. The van der Waals surface area contributed by atoms with E-state index in [1.165, 1.54) is 0 Å². The summed E-state index contributed by atoms with van der Waals surface area (Å²) in [6.45, 7) is 8.58. The third kappa shape index (κ3) is 6.94. The van der Waals surface area contributed by atoms with E-state index in [1.807, 2.05) is 38.1 Å². The molecule has 1 atom stereocenters. The van der Waals surface area contributed by atoms with Crippen molar-refractivity contribution in [2.24, 2.45) is 5.92 Å². The van der Waals surface area contributed by atoms with Crippen molar-refractivity contribution in [2.45, 2.75) is 39.5 Å². The van der Waals surface area contributed by atoms with Gasteiger partial charge in [-0.1, -0.05) is 6.07 Å². The summed E-state index contributed by atoms with van der Waals surface area (Å²) in [4.78, 5) is 14.2. The second-order valence-corrected chi connectivity index (χ2v) is 6.36. The number of hydrogen-bond acceptors (Lipinski definition) is 5. The summed E-state index contributed by atoms with van der Waals surface area (Å²) in [6.07, 6.45) is 4.10. The number of carbonyl (C=O) groups excluding carboxylic acids is 1. The van der Waals surface area contributed by atoms with E-state index in [4.69, 9.17) is 14.2 Å². The lowest BCUT2D eigenvalue weighted by Gasteiger charge is -2.31. The zero-order valence-electron chi connectivity index (χ0n) is 15.5. The topological polar surface area (TPSA) is 48.0 Å². The molecule has 0 bridgehead atoms. The molecule has 25 heavy (non-hydrogen) atoms. The van der Waals surface area contributed by atoms with Crippen molar-refractivity contribution in [1.82, 2.24) is 4.90 Å². The van der Waals surface area contributed by atoms with E-state index < -0.39 is 0 Å². The summed E-state index contributed by atoms with van der Waals surface area (Å²) in [5.74, 6) is 1.71. The number of hydrogen-bond donors (Lipinski definition) is 0. The van der Waals surface area contributed by atoms with Crippen LogP contribution < -0.4 is 9.47 Å². The second-order valence-electron chi connectivity index (χ2n) is 6.36. The maximum absolute atomic E-state index is 11.9. The van der Waals surface area contributed by atoms with Gasteiger partial charge in [-0.05, 0) is 64.8 Å². The number of piperidine rings is 1. The van der Waals surface area contributed by atoms with Gasteiger partial charge in [0, 0.05) is 12.6 Å². The van der Waals surface area contributed by atoms with Crippen LogP contribution in [-0.4, -0.2) is 50.3 Å². The molecule has 0 radical (unpaired) electrons. The summed E-state index contributed by atoms with van der Waals surface area (Å²) in [6, 6.07) is 7.77. The summed E-state index contributed by atoms with van der Waals surface area (Å²) in [5.41, 5.74) is 0. The molecule has 1 aromatic rings. The lowest BCUT2D eigenvalue weighted by molar-refractivity contribution is -0.149. The monoisotopic (exact) mass is 349 g/mol. The molecule has 1 aliphatic heterocycles. The van der Waals surface area contributed by atoms with Gasteiger partial charge in [-0.25, -0.2) is 0 Å². The van der Waals surface area contributed by atoms with Crippen molar-refractivity contribution in [3.8, 4) is 11.5 Å². The predicted molar refractivity (Wildman–Crippen MR) is 98.1 cm³/mol. The number of rotatable bonds is 10. The third-order valence-corrected chi connectivity index (χ3v) is 4.38. The lowest BCUT2D eigenvalue weighted by atomic mass is 9.98. The molecule has 1 aromatic carbocycles. The first-order valence-corrected chi connectivity index (χ1v) is 9.47. The average molecular weight is 349 g/mol. The summed E-state index contributed by atoms with van der Waals surface area (Å²) < 4.78 is 16.4. The van der Waals surface area contributed by atoms with Crippen molar-refractivity contribution in [3.05, 3.63) is 24.3 Å². The van der Waals surface area contributed by atoms with Gasteiger partial charge in [0.1, 0.15) is 11.5 Å². The average Bonchev–Trinajstić information content (AvgIpc) is 2.62. The molecule has 5 heteroatoms. The Hall–Kier alpha value is -1.75. The number of likely N-dealkylation sites (tertiary alicyclic amines) is 1. The normalized spacial score (nSPS) is 17.9. The molecular formula is C20H31NO4. The van der Waals surface area contributed by atoms with Gasteiger partial charge >= 0.3 is 5.97 Å². The Kier molecular flexibility index (Phi) is 8.60. The van der Waals surface area contributed by atoms with E-state index in [-0.39, 0.29) is 11.9 Å². The summed E-state index contributed by atoms with van der Waals surface area (Å²) >= 11 is 0. The molecule has 0 N–H and O–H groups in total. The molecule has 0 saturated carbocycles. The number of esters is 1. The first-order valence-electron chi connectivity index (χ1n) is 9.47. The highest BCUT2D eigenvalue weighted by molar-refractivity contribution is 5.72. The van der Waals surface area contributed by atoms with Gasteiger partial charge in [0.2, 0.25) is 0 Å². The van der Waals surface area contributed by atoms with Crippen LogP contribution in [-0.2, 0) is 9.53 Å². The number of carbonyl (C=O) groups is 1. The predicted octanol–water partition coefficient (Wildman–Crippen LogP) is 3.52. The Labute approximate surface area is 151 Å². The van der Waals surface area contributed by atoms with Crippen LogP contribution >= 0.6 is 0 Å². The quantitative estimate of drug-likeness (QED) is 0.478. The Morgan fingerprint density at radius 1 is 1.16 bits per heavy atom. The van der Waals surface area contributed by atoms with Crippen molar-refractivity contribution in [1.29, 1.82) is 0 Å². The molecule has 0 aliphatic carbocycles. The Morgan fingerprint density at radius 3 is 2.72 bits per heavy atom. The second kappa shape index (κ2) is 11.0. The fourth-order valence-electron chi connectivity index (χ4n) is 3.16. The van der Waals surface area contributed by atoms with Crippen molar-refractivity contribution >= 4 is 5.97 Å². The molecule has 5 nitrogen and oxygen atoms in total. The van der Waals surface area contributed by atoms with Crippen LogP contribution in [0, 0.1) is 5.92 Å². The van der Waals surface area contributed by atoms with Crippen LogP contribution in [0.15, 0.2) is 24.3 Å².